The Morgan fingerprint density at radius 3 is 2.68 bits per heavy atom. The zero-order valence-corrected chi connectivity index (χ0v) is 22.4. The third kappa shape index (κ3) is 5.09. The summed E-state index contributed by atoms with van der Waals surface area (Å²) in [7, 11) is 0. The van der Waals surface area contributed by atoms with Gasteiger partial charge >= 0.3 is 0 Å². The summed E-state index contributed by atoms with van der Waals surface area (Å²) in [6.07, 6.45) is 3.85. The number of anilines is 1. The number of ether oxygens (including phenoxy) is 3. The molecule has 6 rings (SSSR count). The van der Waals surface area contributed by atoms with E-state index in [-0.39, 0.29) is 22.7 Å². The lowest BCUT2D eigenvalue weighted by atomic mass is 10.1. The molecule has 1 aliphatic heterocycles. The summed E-state index contributed by atoms with van der Waals surface area (Å²) in [4.78, 5) is 31.2. The van der Waals surface area contributed by atoms with E-state index < -0.39 is 17.3 Å². The Morgan fingerprint density at radius 2 is 1.90 bits per heavy atom. The molecule has 206 valence electrons. The number of halogens is 1. The maximum atomic E-state index is 15.2. The van der Waals surface area contributed by atoms with Crippen molar-refractivity contribution in [3.8, 4) is 28.7 Å². The van der Waals surface area contributed by atoms with Crippen molar-refractivity contribution >= 4 is 22.5 Å². The standard InChI is InChI=1S/C32H26FN3O5/c1-3-39-23-9-10-24-26(17-23)34-14-12-27(24)41-28-11-6-21(16-25(28)33)35-31(37)29-30-20(13-15-40-30)18-36(32(29)38)22-7-4-19(2)5-8-22/h4-12,14,16-18H,3,13,15H2,1-2H3,(H,35,37). The summed E-state index contributed by atoms with van der Waals surface area (Å²) >= 11 is 0. The fourth-order valence-electron chi connectivity index (χ4n) is 4.78. The van der Waals surface area contributed by atoms with Gasteiger partial charge in [0.25, 0.3) is 11.5 Å². The van der Waals surface area contributed by atoms with Crippen LogP contribution >= 0.6 is 0 Å². The zero-order chi connectivity index (χ0) is 28.5. The van der Waals surface area contributed by atoms with Gasteiger partial charge in [-0.15, -0.1) is 0 Å². The highest BCUT2D eigenvalue weighted by Crippen LogP contribution is 2.33. The van der Waals surface area contributed by atoms with E-state index in [1.807, 2.05) is 38.1 Å². The normalized spacial score (nSPS) is 12.1. The number of fused-ring (bicyclic) bond motifs is 2. The van der Waals surface area contributed by atoms with Crippen LogP contribution < -0.4 is 25.1 Å². The number of hydrogen-bond acceptors (Lipinski definition) is 6. The van der Waals surface area contributed by atoms with Crippen LogP contribution in [0, 0.1) is 12.7 Å². The van der Waals surface area contributed by atoms with Crippen LogP contribution in [-0.4, -0.2) is 28.7 Å². The van der Waals surface area contributed by atoms with E-state index in [1.165, 1.54) is 16.7 Å². The van der Waals surface area contributed by atoms with Gasteiger partial charge in [-0.25, -0.2) is 4.39 Å². The number of pyridine rings is 2. The molecular weight excluding hydrogens is 525 g/mol. The summed E-state index contributed by atoms with van der Waals surface area (Å²) in [6.45, 7) is 4.74. The molecule has 0 bridgehead atoms. The van der Waals surface area contributed by atoms with E-state index in [4.69, 9.17) is 14.2 Å². The molecule has 9 heteroatoms. The predicted octanol–water partition coefficient (Wildman–Crippen LogP) is 6.21. The van der Waals surface area contributed by atoms with Crippen molar-refractivity contribution in [2.75, 3.05) is 18.5 Å². The van der Waals surface area contributed by atoms with Crippen molar-refractivity contribution in [1.82, 2.24) is 9.55 Å². The van der Waals surface area contributed by atoms with Gasteiger partial charge in [-0.1, -0.05) is 17.7 Å². The maximum Gasteiger partial charge on any atom is 0.271 e. The Labute approximate surface area is 234 Å². The minimum Gasteiger partial charge on any atom is -0.494 e. The van der Waals surface area contributed by atoms with Gasteiger partial charge in [0, 0.05) is 53.3 Å². The summed E-state index contributed by atoms with van der Waals surface area (Å²) < 4.78 is 33.7. The smallest absolute Gasteiger partial charge is 0.271 e. The molecule has 1 N–H and O–H groups in total. The highest BCUT2D eigenvalue weighted by molar-refractivity contribution is 6.06. The second-order valence-corrected chi connectivity index (χ2v) is 9.59. The van der Waals surface area contributed by atoms with Crippen LogP contribution in [0.1, 0.15) is 28.4 Å². The van der Waals surface area contributed by atoms with Crippen LogP contribution in [0.25, 0.3) is 16.6 Å². The average molecular weight is 552 g/mol. The van der Waals surface area contributed by atoms with Gasteiger partial charge in [-0.2, -0.15) is 0 Å². The lowest BCUT2D eigenvalue weighted by Gasteiger charge is -2.14. The van der Waals surface area contributed by atoms with Crippen molar-refractivity contribution in [1.29, 1.82) is 0 Å². The van der Waals surface area contributed by atoms with Gasteiger partial charge in [0.1, 0.15) is 22.8 Å². The van der Waals surface area contributed by atoms with Gasteiger partial charge in [0.2, 0.25) is 0 Å². The number of nitrogens with zero attached hydrogens (tertiary/aromatic N) is 2. The van der Waals surface area contributed by atoms with Gasteiger partial charge in [0.05, 0.1) is 18.7 Å². The first-order chi connectivity index (χ1) is 19.9. The SMILES string of the molecule is CCOc1ccc2c(Oc3ccc(NC(=O)c4c5c(cn(-c6ccc(C)cc6)c4=O)CCO5)cc3F)ccnc2c1. The fourth-order valence-corrected chi connectivity index (χ4v) is 4.78. The van der Waals surface area contributed by atoms with E-state index in [0.29, 0.717) is 47.7 Å². The van der Waals surface area contributed by atoms with E-state index >= 15 is 4.39 Å². The Morgan fingerprint density at radius 1 is 1.07 bits per heavy atom. The summed E-state index contributed by atoms with van der Waals surface area (Å²) in [5.41, 5.74) is 2.59. The largest absolute Gasteiger partial charge is 0.494 e. The van der Waals surface area contributed by atoms with Gasteiger partial charge in [-0.05, 0) is 56.3 Å². The van der Waals surface area contributed by atoms with E-state index in [1.54, 1.807) is 36.7 Å². The van der Waals surface area contributed by atoms with Crippen LogP contribution in [-0.2, 0) is 6.42 Å². The minimum absolute atomic E-state index is 0.0324. The lowest BCUT2D eigenvalue weighted by molar-refractivity contribution is 0.102. The number of rotatable bonds is 7. The highest BCUT2D eigenvalue weighted by Gasteiger charge is 2.27. The molecule has 1 aliphatic rings. The van der Waals surface area contributed by atoms with E-state index in [2.05, 4.69) is 10.3 Å². The number of benzene rings is 3. The number of hydrogen-bond donors (Lipinski definition) is 1. The number of aromatic nitrogens is 2. The molecule has 0 atom stereocenters. The second kappa shape index (κ2) is 10.8. The second-order valence-electron chi connectivity index (χ2n) is 9.59. The summed E-state index contributed by atoms with van der Waals surface area (Å²) in [5, 5.41) is 3.33. The number of carbonyl (C=O) groups excluding carboxylic acids is 1. The Kier molecular flexibility index (Phi) is 6.84. The molecule has 0 aliphatic carbocycles. The van der Waals surface area contributed by atoms with Crippen LogP contribution in [0.5, 0.6) is 23.0 Å². The number of aryl methyl sites for hydroxylation is 1. The van der Waals surface area contributed by atoms with Crippen molar-refractivity contribution in [3.05, 3.63) is 112 Å². The molecule has 8 nitrogen and oxygen atoms in total. The van der Waals surface area contributed by atoms with Gasteiger partial charge in [-0.3, -0.25) is 19.1 Å². The van der Waals surface area contributed by atoms with Gasteiger partial charge in [0.15, 0.2) is 11.6 Å². The molecule has 5 aromatic rings. The molecule has 41 heavy (non-hydrogen) atoms. The van der Waals surface area contributed by atoms with E-state index in [0.717, 1.165) is 17.2 Å². The maximum absolute atomic E-state index is 15.2. The van der Waals surface area contributed by atoms with Crippen molar-refractivity contribution < 1.29 is 23.4 Å². The molecular formula is C32H26FN3O5. The number of amides is 1. The quantitative estimate of drug-likeness (QED) is 0.259. The first kappa shape index (κ1) is 26.1. The number of nitrogens with one attached hydrogen (secondary N) is 1. The highest BCUT2D eigenvalue weighted by atomic mass is 19.1. The molecule has 0 fully saturated rings. The zero-order valence-electron chi connectivity index (χ0n) is 22.4. The average Bonchev–Trinajstić information content (AvgIpc) is 3.43. The first-order valence-corrected chi connectivity index (χ1v) is 13.2. The summed E-state index contributed by atoms with van der Waals surface area (Å²) in [6, 6.07) is 18.5. The lowest BCUT2D eigenvalue weighted by Crippen LogP contribution is -2.29. The monoisotopic (exact) mass is 551 g/mol. The van der Waals surface area contributed by atoms with Crippen molar-refractivity contribution in [2.24, 2.45) is 0 Å². The Hall–Kier alpha value is -5.18. The Bertz CT molecular complexity index is 1850. The molecule has 3 aromatic carbocycles. The van der Waals surface area contributed by atoms with Crippen molar-refractivity contribution in [2.45, 2.75) is 20.3 Å². The van der Waals surface area contributed by atoms with Crippen LogP contribution in [0.15, 0.2) is 83.9 Å². The van der Waals surface area contributed by atoms with Crippen LogP contribution in [0.2, 0.25) is 0 Å². The molecule has 0 radical (unpaired) electrons. The molecule has 0 saturated heterocycles. The Balaban J connectivity index is 1.27. The van der Waals surface area contributed by atoms with Crippen LogP contribution in [0.4, 0.5) is 10.1 Å². The molecule has 1 amide bonds. The third-order valence-electron chi connectivity index (χ3n) is 6.79. The molecule has 2 aromatic heterocycles. The first-order valence-electron chi connectivity index (χ1n) is 13.2. The van der Waals surface area contributed by atoms with Gasteiger partial charge < -0.3 is 19.5 Å². The minimum atomic E-state index is -0.690. The molecule has 0 spiro atoms. The molecule has 0 saturated carbocycles. The molecule has 0 unspecified atom stereocenters. The predicted molar refractivity (Wildman–Crippen MR) is 153 cm³/mol. The third-order valence-corrected chi connectivity index (χ3v) is 6.79. The number of carbonyl (C=O) groups is 1. The fraction of sp³-hybridized carbons (Fsp3) is 0.156. The van der Waals surface area contributed by atoms with E-state index in [9.17, 15) is 9.59 Å². The topological polar surface area (TPSA) is 91.7 Å². The molecule has 3 heterocycles. The van der Waals surface area contributed by atoms with Crippen molar-refractivity contribution in [3.63, 3.8) is 0 Å². The van der Waals surface area contributed by atoms with Crippen LogP contribution in [0.3, 0.4) is 0 Å². The summed E-state index contributed by atoms with van der Waals surface area (Å²) in [5.74, 6) is -0.0556.